The van der Waals surface area contributed by atoms with Gasteiger partial charge in [0.2, 0.25) is 0 Å². The second kappa shape index (κ2) is 8.04. The minimum Gasteiger partial charge on any atom is -0.379 e. The van der Waals surface area contributed by atoms with Crippen molar-refractivity contribution >= 4 is 5.82 Å². The molecule has 0 radical (unpaired) electrons. The molecule has 1 aliphatic carbocycles. The summed E-state index contributed by atoms with van der Waals surface area (Å²) >= 11 is 0. The first-order chi connectivity index (χ1) is 11.2. The standard InChI is InChI=1S/C17H29N5O/c1-21(4-2-3-5-22-6-8-23-9-7-22)17-12-16(19-13-20-17)14-10-15(18)11-14/h12-15H,2-11,18H2,1H3. The summed E-state index contributed by atoms with van der Waals surface area (Å²) in [6.07, 6.45) is 6.21. The van der Waals surface area contributed by atoms with Crippen LogP contribution in [0.15, 0.2) is 12.4 Å². The van der Waals surface area contributed by atoms with Gasteiger partial charge in [0, 0.05) is 50.4 Å². The van der Waals surface area contributed by atoms with Crippen molar-refractivity contribution in [1.29, 1.82) is 0 Å². The van der Waals surface area contributed by atoms with E-state index in [0.29, 0.717) is 12.0 Å². The fraction of sp³-hybridized carbons (Fsp3) is 0.765. The second-order valence-electron chi connectivity index (χ2n) is 6.81. The first-order valence-corrected chi connectivity index (χ1v) is 8.81. The third kappa shape index (κ3) is 4.62. The minimum absolute atomic E-state index is 0.358. The molecule has 1 aromatic rings. The Kier molecular flexibility index (Phi) is 5.80. The van der Waals surface area contributed by atoms with Crippen LogP contribution in [-0.2, 0) is 4.74 Å². The minimum atomic E-state index is 0.358. The van der Waals surface area contributed by atoms with Gasteiger partial charge in [0.15, 0.2) is 0 Å². The summed E-state index contributed by atoms with van der Waals surface area (Å²) < 4.78 is 5.38. The molecule has 1 aromatic heterocycles. The predicted octanol–water partition coefficient (Wildman–Crippen LogP) is 1.23. The Balaban J connectivity index is 1.41. The maximum Gasteiger partial charge on any atom is 0.131 e. The van der Waals surface area contributed by atoms with Crippen molar-refractivity contribution in [3.63, 3.8) is 0 Å². The largest absolute Gasteiger partial charge is 0.379 e. The topological polar surface area (TPSA) is 67.5 Å². The molecule has 2 aliphatic rings. The summed E-state index contributed by atoms with van der Waals surface area (Å²) in [5.41, 5.74) is 7.03. The van der Waals surface area contributed by atoms with Crippen LogP contribution in [0.5, 0.6) is 0 Å². The Morgan fingerprint density at radius 3 is 2.78 bits per heavy atom. The van der Waals surface area contributed by atoms with Crippen LogP contribution < -0.4 is 10.6 Å². The molecule has 2 N–H and O–H groups in total. The lowest BCUT2D eigenvalue weighted by atomic mass is 9.78. The molecule has 0 unspecified atom stereocenters. The van der Waals surface area contributed by atoms with Crippen molar-refractivity contribution in [2.45, 2.75) is 37.6 Å². The Morgan fingerprint density at radius 2 is 2.04 bits per heavy atom. The zero-order chi connectivity index (χ0) is 16.1. The van der Waals surface area contributed by atoms with E-state index in [0.717, 1.165) is 57.2 Å². The van der Waals surface area contributed by atoms with E-state index in [1.165, 1.54) is 19.4 Å². The molecule has 0 aromatic carbocycles. The van der Waals surface area contributed by atoms with Crippen molar-refractivity contribution < 1.29 is 4.74 Å². The number of hydrogen-bond donors (Lipinski definition) is 1. The zero-order valence-electron chi connectivity index (χ0n) is 14.2. The van der Waals surface area contributed by atoms with Gasteiger partial charge in [-0.25, -0.2) is 9.97 Å². The first-order valence-electron chi connectivity index (χ1n) is 8.81. The molecule has 0 spiro atoms. The highest BCUT2D eigenvalue weighted by Crippen LogP contribution is 2.35. The van der Waals surface area contributed by atoms with Gasteiger partial charge in [-0.3, -0.25) is 4.90 Å². The Hall–Kier alpha value is -1.24. The number of ether oxygens (including phenoxy) is 1. The van der Waals surface area contributed by atoms with Crippen molar-refractivity contribution in [3.8, 4) is 0 Å². The summed E-state index contributed by atoms with van der Waals surface area (Å²) in [6.45, 7) is 6.13. The van der Waals surface area contributed by atoms with Gasteiger partial charge in [0.1, 0.15) is 12.1 Å². The average molecular weight is 319 g/mol. The molecular formula is C17H29N5O. The Bertz CT molecular complexity index is 486. The maximum absolute atomic E-state index is 5.88. The van der Waals surface area contributed by atoms with Gasteiger partial charge >= 0.3 is 0 Å². The highest BCUT2D eigenvalue weighted by atomic mass is 16.5. The number of aromatic nitrogens is 2. The van der Waals surface area contributed by atoms with Crippen molar-refractivity contribution in [1.82, 2.24) is 14.9 Å². The highest BCUT2D eigenvalue weighted by molar-refractivity contribution is 5.39. The van der Waals surface area contributed by atoms with E-state index < -0.39 is 0 Å². The summed E-state index contributed by atoms with van der Waals surface area (Å²) in [5.74, 6) is 1.56. The normalized spacial score (nSPS) is 25.1. The van der Waals surface area contributed by atoms with Gasteiger partial charge in [-0.05, 0) is 32.2 Å². The third-order valence-electron chi connectivity index (χ3n) is 4.98. The van der Waals surface area contributed by atoms with Gasteiger partial charge in [-0.1, -0.05) is 0 Å². The van der Waals surface area contributed by atoms with E-state index in [9.17, 15) is 0 Å². The monoisotopic (exact) mass is 319 g/mol. The molecule has 0 atom stereocenters. The maximum atomic E-state index is 5.88. The van der Waals surface area contributed by atoms with Crippen molar-refractivity contribution in [2.75, 3.05) is 51.3 Å². The molecule has 0 amide bonds. The van der Waals surface area contributed by atoms with E-state index in [1.54, 1.807) is 6.33 Å². The number of nitrogens with two attached hydrogens (primary N) is 1. The van der Waals surface area contributed by atoms with E-state index in [4.69, 9.17) is 10.5 Å². The number of hydrogen-bond acceptors (Lipinski definition) is 6. The summed E-state index contributed by atoms with van der Waals surface area (Å²) in [7, 11) is 2.12. The van der Waals surface area contributed by atoms with Crippen LogP contribution in [-0.4, -0.2) is 67.4 Å². The predicted molar refractivity (Wildman–Crippen MR) is 91.7 cm³/mol. The van der Waals surface area contributed by atoms with Crippen LogP contribution in [0.1, 0.15) is 37.3 Å². The molecule has 6 heteroatoms. The number of morpholine rings is 1. The van der Waals surface area contributed by atoms with Gasteiger partial charge in [0.25, 0.3) is 0 Å². The molecular weight excluding hydrogens is 290 g/mol. The van der Waals surface area contributed by atoms with Crippen LogP contribution in [0.4, 0.5) is 5.82 Å². The number of nitrogens with zero attached hydrogens (tertiary/aromatic N) is 4. The van der Waals surface area contributed by atoms with Gasteiger partial charge in [-0.15, -0.1) is 0 Å². The molecule has 1 saturated heterocycles. The lowest BCUT2D eigenvalue weighted by Gasteiger charge is -2.32. The van der Waals surface area contributed by atoms with E-state index in [2.05, 4.69) is 32.9 Å². The van der Waals surface area contributed by atoms with Crippen LogP contribution in [0.2, 0.25) is 0 Å². The van der Waals surface area contributed by atoms with Crippen LogP contribution >= 0.6 is 0 Å². The fourth-order valence-electron chi connectivity index (χ4n) is 3.32. The SMILES string of the molecule is CN(CCCCN1CCOCC1)c1cc(C2CC(N)C2)ncn1. The van der Waals surface area contributed by atoms with Gasteiger partial charge < -0.3 is 15.4 Å². The summed E-state index contributed by atoms with van der Waals surface area (Å²) in [6, 6.07) is 2.50. The quantitative estimate of drug-likeness (QED) is 0.763. The number of rotatable bonds is 7. The molecule has 23 heavy (non-hydrogen) atoms. The van der Waals surface area contributed by atoms with Crippen LogP contribution in [0, 0.1) is 0 Å². The molecule has 1 aliphatic heterocycles. The molecule has 2 fully saturated rings. The highest BCUT2D eigenvalue weighted by Gasteiger charge is 2.28. The van der Waals surface area contributed by atoms with Gasteiger partial charge in [0.05, 0.1) is 13.2 Å². The molecule has 6 nitrogen and oxygen atoms in total. The Morgan fingerprint density at radius 1 is 1.26 bits per heavy atom. The van der Waals surface area contributed by atoms with E-state index in [1.807, 2.05) is 0 Å². The first kappa shape index (κ1) is 16.6. The van der Waals surface area contributed by atoms with Crippen molar-refractivity contribution in [3.05, 3.63) is 18.1 Å². The van der Waals surface area contributed by atoms with Gasteiger partial charge in [-0.2, -0.15) is 0 Å². The molecule has 1 saturated carbocycles. The molecule has 3 rings (SSSR count). The Labute approximate surface area is 139 Å². The average Bonchev–Trinajstić information content (AvgIpc) is 2.57. The zero-order valence-corrected chi connectivity index (χ0v) is 14.2. The van der Waals surface area contributed by atoms with Crippen molar-refractivity contribution in [2.24, 2.45) is 5.73 Å². The van der Waals surface area contributed by atoms with E-state index >= 15 is 0 Å². The molecule has 0 bridgehead atoms. The van der Waals surface area contributed by atoms with E-state index in [-0.39, 0.29) is 0 Å². The number of unbranched alkanes of at least 4 members (excludes halogenated alkanes) is 1. The van der Waals surface area contributed by atoms with Crippen LogP contribution in [0.3, 0.4) is 0 Å². The summed E-state index contributed by atoms with van der Waals surface area (Å²) in [4.78, 5) is 13.6. The molecule has 2 heterocycles. The third-order valence-corrected chi connectivity index (χ3v) is 4.98. The summed E-state index contributed by atoms with van der Waals surface area (Å²) in [5, 5.41) is 0. The lowest BCUT2D eigenvalue weighted by Crippen LogP contribution is -2.37. The fourth-order valence-corrected chi connectivity index (χ4v) is 3.32. The molecule has 128 valence electrons. The number of anilines is 1. The smallest absolute Gasteiger partial charge is 0.131 e. The second-order valence-corrected chi connectivity index (χ2v) is 6.81. The lowest BCUT2D eigenvalue weighted by molar-refractivity contribution is 0.0372. The van der Waals surface area contributed by atoms with Crippen LogP contribution in [0.25, 0.3) is 0 Å².